The molecule has 7 heteroatoms. The molecule has 0 fully saturated rings. The number of hydrazone groups is 1. The van der Waals surface area contributed by atoms with Gasteiger partial charge in [0.2, 0.25) is 0 Å². The van der Waals surface area contributed by atoms with E-state index in [0.717, 1.165) is 23.2 Å². The average molecular weight is 434 g/mol. The van der Waals surface area contributed by atoms with Crippen molar-refractivity contribution in [2.45, 2.75) is 26.9 Å². The summed E-state index contributed by atoms with van der Waals surface area (Å²) in [6.45, 7) is 7.47. The number of halogens is 1. The van der Waals surface area contributed by atoms with Crippen LogP contribution in [-0.4, -0.2) is 36.4 Å². The summed E-state index contributed by atoms with van der Waals surface area (Å²) in [5.41, 5.74) is 3.88. The third-order valence-electron chi connectivity index (χ3n) is 4.00. The third kappa shape index (κ3) is 5.99. The van der Waals surface area contributed by atoms with Crippen LogP contribution in [0.15, 0.2) is 52.0 Å². The number of hydrogen-bond acceptors (Lipinski definition) is 5. The van der Waals surface area contributed by atoms with Crippen molar-refractivity contribution in [1.82, 2.24) is 5.43 Å². The van der Waals surface area contributed by atoms with E-state index in [-0.39, 0.29) is 11.7 Å². The van der Waals surface area contributed by atoms with Crippen LogP contribution in [0.1, 0.15) is 26.3 Å². The van der Waals surface area contributed by atoms with Crippen LogP contribution in [0.3, 0.4) is 0 Å². The lowest BCUT2D eigenvalue weighted by Gasteiger charge is -2.21. The highest BCUT2D eigenvalue weighted by molar-refractivity contribution is 9.10. The summed E-state index contributed by atoms with van der Waals surface area (Å²) in [4.78, 5) is 14.2. The Balaban J connectivity index is 1.95. The number of anilines is 1. The van der Waals surface area contributed by atoms with Gasteiger partial charge in [0.05, 0.1) is 6.21 Å². The highest BCUT2D eigenvalue weighted by Gasteiger charge is 2.14. The molecule has 27 heavy (non-hydrogen) atoms. The van der Waals surface area contributed by atoms with Crippen LogP contribution in [0.5, 0.6) is 11.5 Å². The molecule has 1 atom stereocenters. The number of phenols is 1. The minimum absolute atomic E-state index is 0.107. The zero-order valence-electron chi connectivity index (χ0n) is 15.6. The Morgan fingerprint density at radius 1 is 1.30 bits per heavy atom. The molecule has 0 heterocycles. The minimum atomic E-state index is -0.713. The standard InChI is InChI=1S/C20H24BrN3O3/c1-4-24(5-2)17-10-9-15(19(25)12-17)13-22-23-20(26)14(3)27-18-8-6-7-16(21)11-18/h6-14,25H,4-5H2,1-3H3,(H,23,26)/b22-13-/t14-/m0/s1. The molecule has 0 aliphatic carbocycles. The van der Waals surface area contributed by atoms with Crippen molar-refractivity contribution in [3.63, 3.8) is 0 Å². The number of amides is 1. The van der Waals surface area contributed by atoms with Gasteiger partial charge in [-0.25, -0.2) is 5.43 Å². The topological polar surface area (TPSA) is 74.2 Å². The monoisotopic (exact) mass is 433 g/mol. The van der Waals surface area contributed by atoms with Crippen LogP contribution in [0.2, 0.25) is 0 Å². The predicted octanol–water partition coefficient (Wildman–Crippen LogP) is 3.92. The number of benzene rings is 2. The van der Waals surface area contributed by atoms with E-state index in [1.54, 1.807) is 31.2 Å². The van der Waals surface area contributed by atoms with E-state index in [1.807, 2.05) is 18.2 Å². The van der Waals surface area contributed by atoms with Gasteiger partial charge in [0.15, 0.2) is 6.10 Å². The number of rotatable bonds is 8. The van der Waals surface area contributed by atoms with E-state index < -0.39 is 6.10 Å². The van der Waals surface area contributed by atoms with Crippen LogP contribution in [0.4, 0.5) is 5.69 Å². The number of aromatic hydroxyl groups is 1. The maximum atomic E-state index is 12.1. The number of carbonyl (C=O) groups excluding carboxylic acids is 1. The van der Waals surface area contributed by atoms with Crippen LogP contribution in [-0.2, 0) is 4.79 Å². The van der Waals surface area contributed by atoms with E-state index >= 15 is 0 Å². The molecule has 0 aliphatic rings. The second-order valence-electron chi connectivity index (χ2n) is 5.87. The maximum absolute atomic E-state index is 12.1. The minimum Gasteiger partial charge on any atom is -0.507 e. The molecule has 144 valence electrons. The molecule has 6 nitrogen and oxygen atoms in total. The zero-order chi connectivity index (χ0) is 19.8. The lowest BCUT2D eigenvalue weighted by molar-refractivity contribution is -0.127. The summed E-state index contributed by atoms with van der Waals surface area (Å²) >= 11 is 3.36. The molecule has 0 saturated heterocycles. The van der Waals surface area contributed by atoms with Crippen molar-refractivity contribution >= 4 is 33.7 Å². The number of carbonyl (C=O) groups is 1. The van der Waals surface area contributed by atoms with Crippen LogP contribution < -0.4 is 15.1 Å². The number of nitrogens with one attached hydrogen (secondary N) is 1. The summed E-state index contributed by atoms with van der Waals surface area (Å²) < 4.78 is 6.45. The van der Waals surface area contributed by atoms with Gasteiger partial charge < -0.3 is 14.7 Å². The molecule has 2 aromatic carbocycles. The Morgan fingerprint density at radius 3 is 2.67 bits per heavy atom. The highest BCUT2D eigenvalue weighted by atomic mass is 79.9. The summed E-state index contributed by atoms with van der Waals surface area (Å²) in [5.74, 6) is 0.307. The van der Waals surface area contributed by atoms with E-state index in [2.05, 4.69) is 45.2 Å². The second kappa shape index (κ2) is 9.97. The van der Waals surface area contributed by atoms with E-state index in [9.17, 15) is 9.90 Å². The molecule has 0 bridgehead atoms. The fourth-order valence-electron chi connectivity index (χ4n) is 2.48. The van der Waals surface area contributed by atoms with Gasteiger partial charge in [-0.1, -0.05) is 22.0 Å². The van der Waals surface area contributed by atoms with Crippen molar-refractivity contribution < 1.29 is 14.6 Å². The largest absolute Gasteiger partial charge is 0.507 e. The molecule has 2 rings (SSSR count). The molecule has 0 aromatic heterocycles. The molecule has 2 N–H and O–H groups in total. The van der Waals surface area contributed by atoms with Crippen molar-refractivity contribution in [2.24, 2.45) is 5.10 Å². The first-order valence-corrected chi connectivity index (χ1v) is 9.57. The fraction of sp³-hybridized carbons (Fsp3) is 0.300. The van der Waals surface area contributed by atoms with Crippen LogP contribution in [0.25, 0.3) is 0 Å². The van der Waals surface area contributed by atoms with Crippen LogP contribution in [0, 0.1) is 0 Å². The SMILES string of the molecule is CCN(CC)c1ccc(/C=N\NC(=O)[C@H](C)Oc2cccc(Br)c2)c(O)c1. The van der Waals surface area contributed by atoms with Gasteiger partial charge in [0.25, 0.3) is 5.91 Å². The highest BCUT2D eigenvalue weighted by Crippen LogP contribution is 2.23. The molecular formula is C20H24BrN3O3. The molecule has 0 aliphatic heterocycles. The van der Waals surface area contributed by atoms with E-state index in [0.29, 0.717) is 11.3 Å². The third-order valence-corrected chi connectivity index (χ3v) is 4.49. The van der Waals surface area contributed by atoms with Crippen LogP contribution >= 0.6 is 15.9 Å². The van der Waals surface area contributed by atoms with Gasteiger partial charge in [-0.05, 0) is 51.1 Å². The fourth-order valence-corrected chi connectivity index (χ4v) is 2.86. The molecule has 0 spiro atoms. The molecule has 0 unspecified atom stereocenters. The smallest absolute Gasteiger partial charge is 0.280 e. The predicted molar refractivity (Wildman–Crippen MR) is 112 cm³/mol. The Labute approximate surface area is 168 Å². The summed E-state index contributed by atoms with van der Waals surface area (Å²) in [6, 6.07) is 12.6. The van der Waals surface area contributed by atoms with Crippen molar-refractivity contribution in [2.75, 3.05) is 18.0 Å². The lowest BCUT2D eigenvalue weighted by atomic mass is 10.2. The van der Waals surface area contributed by atoms with Gasteiger partial charge >= 0.3 is 0 Å². The summed E-state index contributed by atoms with van der Waals surface area (Å²) in [6.07, 6.45) is 0.695. The van der Waals surface area contributed by atoms with E-state index in [1.165, 1.54) is 6.21 Å². The van der Waals surface area contributed by atoms with Gasteiger partial charge in [-0.2, -0.15) is 5.10 Å². The first-order valence-electron chi connectivity index (χ1n) is 8.77. The molecule has 0 saturated carbocycles. The Hall–Kier alpha value is -2.54. The zero-order valence-corrected chi connectivity index (χ0v) is 17.2. The molecular weight excluding hydrogens is 410 g/mol. The first kappa shape index (κ1) is 20.8. The summed E-state index contributed by atoms with van der Waals surface area (Å²) in [5, 5.41) is 14.1. The molecule has 1 amide bonds. The number of hydrogen-bond donors (Lipinski definition) is 2. The van der Waals surface area contributed by atoms with Gasteiger partial charge in [0.1, 0.15) is 11.5 Å². The van der Waals surface area contributed by atoms with Gasteiger partial charge in [-0.3, -0.25) is 4.79 Å². The van der Waals surface area contributed by atoms with Crippen molar-refractivity contribution in [3.8, 4) is 11.5 Å². The quantitative estimate of drug-likeness (QED) is 0.488. The average Bonchev–Trinajstić information content (AvgIpc) is 2.64. The number of phenolic OH excluding ortho intramolecular Hbond substituents is 1. The number of nitrogens with zero attached hydrogens (tertiary/aromatic N) is 2. The Morgan fingerprint density at radius 2 is 2.04 bits per heavy atom. The van der Waals surface area contributed by atoms with Crippen molar-refractivity contribution in [1.29, 1.82) is 0 Å². The lowest BCUT2D eigenvalue weighted by Crippen LogP contribution is -2.33. The summed E-state index contributed by atoms with van der Waals surface area (Å²) in [7, 11) is 0. The Kier molecular flexibility index (Phi) is 7.67. The molecule has 2 aromatic rings. The van der Waals surface area contributed by atoms with Gasteiger partial charge in [0, 0.05) is 34.9 Å². The van der Waals surface area contributed by atoms with E-state index in [4.69, 9.17) is 4.74 Å². The van der Waals surface area contributed by atoms with Gasteiger partial charge in [-0.15, -0.1) is 0 Å². The second-order valence-corrected chi connectivity index (χ2v) is 6.78. The number of ether oxygens (including phenoxy) is 1. The maximum Gasteiger partial charge on any atom is 0.280 e. The first-order chi connectivity index (χ1) is 12.9. The molecule has 0 radical (unpaired) electrons. The van der Waals surface area contributed by atoms with Crippen molar-refractivity contribution in [3.05, 3.63) is 52.5 Å². The normalized spacial score (nSPS) is 12.0. The Bertz CT molecular complexity index is 807.